The Morgan fingerprint density at radius 3 is 2.60 bits per heavy atom. The zero-order valence-corrected chi connectivity index (χ0v) is 8.38. The summed E-state index contributed by atoms with van der Waals surface area (Å²) in [4.78, 5) is 12.0. The summed E-state index contributed by atoms with van der Waals surface area (Å²) < 4.78 is 4.91. The van der Waals surface area contributed by atoms with E-state index in [1.165, 1.54) is 0 Å². The van der Waals surface area contributed by atoms with Crippen molar-refractivity contribution in [1.82, 2.24) is 4.90 Å². The van der Waals surface area contributed by atoms with Crippen LogP contribution in [0.2, 0.25) is 0 Å². The first-order valence-electron chi connectivity index (χ1n) is 4.42. The van der Waals surface area contributed by atoms with Crippen molar-refractivity contribution in [2.45, 2.75) is 6.92 Å². The predicted molar refractivity (Wildman–Crippen MR) is 53.2 cm³/mol. The summed E-state index contributed by atoms with van der Waals surface area (Å²) in [5, 5.41) is 17.4. The number of rotatable bonds is 3. The molecule has 1 amide bonds. The summed E-state index contributed by atoms with van der Waals surface area (Å²) in [6.07, 6.45) is -0.786. The standard InChI is InChI=1S/C10H13NO4/c1-8-3-2-4-9(5-8)15-10(14)11(6-12)7-13/h2-5,12-13H,6-7H2,1H3. The minimum absolute atomic E-state index is 0.381. The molecule has 15 heavy (non-hydrogen) atoms. The molecule has 0 aliphatic carbocycles. The van der Waals surface area contributed by atoms with E-state index in [0.717, 1.165) is 10.5 Å². The molecule has 0 aliphatic rings. The molecule has 5 heteroatoms. The molecule has 0 radical (unpaired) electrons. The van der Waals surface area contributed by atoms with Crippen molar-refractivity contribution in [1.29, 1.82) is 0 Å². The number of hydrogen-bond donors (Lipinski definition) is 2. The van der Waals surface area contributed by atoms with Crippen LogP contribution in [-0.2, 0) is 0 Å². The number of aryl methyl sites for hydroxylation is 1. The highest BCUT2D eigenvalue weighted by molar-refractivity contribution is 5.70. The predicted octanol–water partition coefficient (Wildman–Crippen LogP) is 0.695. The Kier molecular flexibility index (Phi) is 4.08. The van der Waals surface area contributed by atoms with Crippen LogP contribution in [-0.4, -0.2) is 34.7 Å². The fraction of sp³-hybridized carbons (Fsp3) is 0.300. The van der Waals surface area contributed by atoms with Crippen LogP contribution in [0.1, 0.15) is 5.56 Å². The smallest absolute Gasteiger partial charge is 0.410 e. The van der Waals surface area contributed by atoms with Gasteiger partial charge in [-0.2, -0.15) is 0 Å². The number of benzene rings is 1. The van der Waals surface area contributed by atoms with Crippen LogP contribution in [0.15, 0.2) is 24.3 Å². The molecule has 5 nitrogen and oxygen atoms in total. The van der Waals surface area contributed by atoms with Gasteiger partial charge < -0.3 is 14.9 Å². The van der Waals surface area contributed by atoms with Gasteiger partial charge in [-0.25, -0.2) is 4.79 Å². The van der Waals surface area contributed by atoms with Gasteiger partial charge in [-0.3, -0.25) is 4.90 Å². The number of aliphatic hydroxyl groups excluding tert-OH is 2. The Balaban J connectivity index is 2.65. The van der Waals surface area contributed by atoms with E-state index >= 15 is 0 Å². The molecular formula is C10H13NO4. The number of carbonyl (C=O) groups excluding carboxylic acids is 1. The van der Waals surface area contributed by atoms with Gasteiger partial charge in [0.25, 0.3) is 0 Å². The van der Waals surface area contributed by atoms with E-state index in [9.17, 15) is 4.79 Å². The van der Waals surface area contributed by atoms with Crippen molar-refractivity contribution < 1.29 is 19.7 Å². The van der Waals surface area contributed by atoms with Gasteiger partial charge in [0.05, 0.1) is 0 Å². The molecule has 0 aliphatic heterocycles. The maximum atomic E-state index is 11.3. The van der Waals surface area contributed by atoms with Gasteiger partial charge in [0.2, 0.25) is 0 Å². The summed E-state index contributed by atoms with van der Waals surface area (Å²) in [6.45, 7) is 0.704. The number of ether oxygens (including phenoxy) is 1. The van der Waals surface area contributed by atoms with Gasteiger partial charge in [-0.15, -0.1) is 0 Å². The van der Waals surface area contributed by atoms with Gasteiger partial charge in [-0.05, 0) is 24.6 Å². The molecular weight excluding hydrogens is 198 g/mol. The molecule has 0 atom stereocenters. The topological polar surface area (TPSA) is 70.0 Å². The lowest BCUT2D eigenvalue weighted by molar-refractivity contribution is 0.0378. The largest absolute Gasteiger partial charge is 0.418 e. The van der Waals surface area contributed by atoms with Crippen LogP contribution >= 0.6 is 0 Å². The number of amides is 1. The molecule has 0 aromatic heterocycles. The van der Waals surface area contributed by atoms with Gasteiger partial charge in [0, 0.05) is 0 Å². The molecule has 1 aromatic carbocycles. The lowest BCUT2D eigenvalue weighted by Crippen LogP contribution is -2.35. The van der Waals surface area contributed by atoms with Crippen molar-refractivity contribution in [3.05, 3.63) is 29.8 Å². The molecule has 0 saturated heterocycles. The zero-order chi connectivity index (χ0) is 11.3. The Hall–Kier alpha value is -1.59. The third-order valence-corrected chi connectivity index (χ3v) is 1.79. The summed E-state index contributed by atoms with van der Waals surface area (Å²) in [7, 11) is 0. The molecule has 1 rings (SSSR count). The van der Waals surface area contributed by atoms with E-state index < -0.39 is 19.6 Å². The lowest BCUT2D eigenvalue weighted by Gasteiger charge is -2.16. The maximum Gasteiger partial charge on any atom is 0.418 e. The Labute approximate surface area is 87.5 Å². The van der Waals surface area contributed by atoms with E-state index in [2.05, 4.69) is 0 Å². The Bertz CT molecular complexity index is 336. The van der Waals surface area contributed by atoms with Crippen molar-refractivity contribution in [3.63, 3.8) is 0 Å². The van der Waals surface area contributed by atoms with Crippen LogP contribution in [0, 0.1) is 6.92 Å². The summed E-state index contributed by atoms with van der Waals surface area (Å²) in [6, 6.07) is 6.93. The lowest BCUT2D eigenvalue weighted by atomic mass is 10.2. The molecule has 0 saturated carbocycles. The average Bonchev–Trinajstić information content (AvgIpc) is 2.19. The summed E-state index contributed by atoms with van der Waals surface area (Å²) in [5.41, 5.74) is 0.958. The number of nitrogens with zero attached hydrogens (tertiary/aromatic N) is 1. The van der Waals surface area contributed by atoms with E-state index in [1.807, 2.05) is 13.0 Å². The highest BCUT2D eigenvalue weighted by atomic mass is 16.6. The molecule has 82 valence electrons. The van der Waals surface area contributed by atoms with E-state index in [0.29, 0.717) is 5.75 Å². The van der Waals surface area contributed by atoms with Crippen molar-refractivity contribution in [2.75, 3.05) is 13.5 Å². The minimum atomic E-state index is -0.786. The Morgan fingerprint density at radius 1 is 1.40 bits per heavy atom. The molecule has 0 heterocycles. The van der Waals surface area contributed by atoms with Gasteiger partial charge in [0.1, 0.15) is 19.2 Å². The molecule has 1 aromatic rings. The fourth-order valence-electron chi connectivity index (χ4n) is 1.00. The first-order chi connectivity index (χ1) is 7.17. The highest BCUT2D eigenvalue weighted by Gasteiger charge is 2.13. The first-order valence-corrected chi connectivity index (χ1v) is 4.42. The quantitative estimate of drug-likeness (QED) is 0.722. The van der Waals surface area contributed by atoms with Crippen LogP contribution in [0.5, 0.6) is 5.75 Å². The number of hydrogen-bond acceptors (Lipinski definition) is 4. The second-order valence-corrected chi connectivity index (χ2v) is 3.01. The van der Waals surface area contributed by atoms with Gasteiger partial charge in [0.15, 0.2) is 0 Å². The van der Waals surface area contributed by atoms with Crippen molar-refractivity contribution >= 4 is 6.09 Å². The van der Waals surface area contributed by atoms with Gasteiger partial charge in [-0.1, -0.05) is 12.1 Å². The van der Waals surface area contributed by atoms with Crippen LogP contribution in [0.25, 0.3) is 0 Å². The van der Waals surface area contributed by atoms with Crippen LogP contribution in [0.4, 0.5) is 4.79 Å². The Morgan fingerprint density at radius 2 is 2.07 bits per heavy atom. The molecule has 0 unspecified atom stereocenters. The number of aliphatic hydroxyl groups is 2. The van der Waals surface area contributed by atoms with E-state index in [-0.39, 0.29) is 0 Å². The number of carbonyl (C=O) groups is 1. The molecule has 0 spiro atoms. The molecule has 2 N–H and O–H groups in total. The summed E-state index contributed by atoms with van der Waals surface area (Å²) >= 11 is 0. The first kappa shape index (κ1) is 11.5. The molecule has 0 bridgehead atoms. The normalized spacial score (nSPS) is 9.80. The van der Waals surface area contributed by atoms with Crippen molar-refractivity contribution in [3.8, 4) is 5.75 Å². The third-order valence-electron chi connectivity index (χ3n) is 1.79. The van der Waals surface area contributed by atoms with E-state index in [4.69, 9.17) is 14.9 Å². The van der Waals surface area contributed by atoms with E-state index in [1.54, 1.807) is 18.2 Å². The summed E-state index contributed by atoms with van der Waals surface area (Å²) in [5.74, 6) is 0.381. The second-order valence-electron chi connectivity index (χ2n) is 3.01. The third kappa shape index (κ3) is 3.23. The van der Waals surface area contributed by atoms with Crippen molar-refractivity contribution in [2.24, 2.45) is 0 Å². The fourth-order valence-corrected chi connectivity index (χ4v) is 1.00. The maximum absolute atomic E-state index is 11.3. The highest BCUT2D eigenvalue weighted by Crippen LogP contribution is 2.13. The molecule has 0 fully saturated rings. The zero-order valence-electron chi connectivity index (χ0n) is 8.38. The SMILES string of the molecule is Cc1cccc(OC(=O)N(CO)CO)c1. The van der Waals surface area contributed by atoms with Crippen LogP contribution < -0.4 is 4.74 Å². The van der Waals surface area contributed by atoms with Gasteiger partial charge >= 0.3 is 6.09 Å². The van der Waals surface area contributed by atoms with Crippen LogP contribution in [0.3, 0.4) is 0 Å². The monoisotopic (exact) mass is 211 g/mol. The average molecular weight is 211 g/mol. The second kappa shape index (κ2) is 5.33. The minimum Gasteiger partial charge on any atom is -0.410 e.